The summed E-state index contributed by atoms with van der Waals surface area (Å²) in [5, 5.41) is 12.4. The fourth-order valence-corrected chi connectivity index (χ4v) is 4.17. The van der Waals surface area contributed by atoms with Gasteiger partial charge in [-0.1, -0.05) is 6.07 Å². The number of carbonyl (C=O) groups excluding carboxylic acids is 2. The normalized spacial score (nSPS) is 15.8. The Morgan fingerprint density at radius 2 is 2.03 bits per heavy atom. The first-order valence-electron chi connectivity index (χ1n) is 11.5. The number of nitriles is 1. The van der Waals surface area contributed by atoms with Crippen molar-refractivity contribution in [2.75, 3.05) is 25.0 Å². The van der Waals surface area contributed by atoms with E-state index < -0.39 is 5.91 Å². The molecule has 0 radical (unpaired) electrons. The maximum atomic E-state index is 12.8. The van der Waals surface area contributed by atoms with Crippen LogP contribution < -0.4 is 5.32 Å². The number of hydrogen-bond acceptors (Lipinski definition) is 4. The van der Waals surface area contributed by atoms with Crippen LogP contribution in [0.5, 0.6) is 0 Å². The van der Waals surface area contributed by atoms with Crippen molar-refractivity contribution >= 4 is 23.6 Å². The highest BCUT2D eigenvalue weighted by Gasteiger charge is 2.19. The maximum absolute atomic E-state index is 12.8. The average molecular weight is 449 g/mol. The number of ether oxygens (including phenoxy) is 1. The van der Waals surface area contributed by atoms with Crippen LogP contribution in [-0.4, -0.2) is 47.1 Å². The summed E-state index contributed by atoms with van der Waals surface area (Å²) in [5.41, 5.74) is 3.88. The van der Waals surface area contributed by atoms with E-state index in [-0.39, 0.29) is 17.6 Å². The Bertz CT molecular complexity index is 1080. The van der Waals surface area contributed by atoms with Crippen LogP contribution in [0.15, 0.2) is 35.9 Å². The number of aromatic nitrogens is 1. The van der Waals surface area contributed by atoms with Gasteiger partial charge < -0.3 is 19.5 Å². The van der Waals surface area contributed by atoms with Crippen molar-refractivity contribution in [2.45, 2.75) is 53.2 Å². The van der Waals surface area contributed by atoms with E-state index in [0.29, 0.717) is 24.3 Å². The van der Waals surface area contributed by atoms with Gasteiger partial charge in [0.05, 0.1) is 6.10 Å². The molecule has 3 rings (SSSR count). The molecule has 1 aliphatic rings. The number of aryl methyl sites for hydroxylation is 1. The fourth-order valence-electron chi connectivity index (χ4n) is 4.17. The van der Waals surface area contributed by atoms with Gasteiger partial charge in [0.1, 0.15) is 11.6 Å². The minimum atomic E-state index is -0.506. The molecule has 2 aromatic rings. The zero-order chi connectivity index (χ0) is 24.0. The molecule has 33 heavy (non-hydrogen) atoms. The van der Waals surface area contributed by atoms with E-state index >= 15 is 0 Å². The highest BCUT2D eigenvalue weighted by Crippen LogP contribution is 2.22. The van der Waals surface area contributed by atoms with Crippen molar-refractivity contribution < 1.29 is 14.3 Å². The number of nitrogens with zero attached hydrogens (tertiary/aromatic N) is 3. The van der Waals surface area contributed by atoms with Gasteiger partial charge in [-0.15, -0.1) is 0 Å². The first-order chi connectivity index (χ1) is 15.9. The van der Waals surface area contributed by atoms with E-state index in [9.17, 15) is 14.9 Å². The van der Waals surface area contributed by atoms with Gasteiger partial charge in [0, 0.05) is 48.9 Å². The van der Waals surface area contributed by atoms with Gasteiger partial charge in [0.25, 0.3) is 11.8 Å². The third-order valence-electron chi connectivity index (χ3n) is 6.11. The Morgan fingerprint density at radius 1 is 1.27 bits per heavy atom. The molecule has 1 aromatic heterocycles. The van der Waals surface area contributed by atoms with Crippen molar-refractivity contribution in [3.63, 3.8) is 0 Å². The number of amides is 2. The minimum absolute atomic E-state index is 0.00726. The van der Waals surface area contributed by atoms with Crippen LogP contribution in [0, 0.1) is 25.2 Å². The summed E-state index contributed by atoms with van der Waals surface area (Å²) in [4.78, 5) is 27.2. The van der Waals surface area contributed by atoms with Crippen LogP contribution in [0.2, 0.25) is 0 Å². The van der Waals surface area contributed by atoms with Crippen LogP contribution in [0.1, 0.15) is 54.0 Å². The lowest BCUT2D eigenvalue weighted by Gasteiger charge is -2.19. The molecular weight excluding hydrogens is 416 g/mol. The fraction of sp³-hybridized carbons (Fsp3) is 0.423. The monoisotopic (exact) mass is 448 g/mol. The summed E-state index contributed by atoms with van der Waals surface area (Å²) >= 11 is 0. The standard InChI is InChI=1S/C26H32N4O3/c1-5-29(6-2)26(32)20-9-7-10-23(15-20)28-25(31)22(16-27)14-21-13-18(3)30(19(21)4)17-24-11-8-12-33-24/h7,9-10,13-15,24H,5-6,8,11-12,17H2,1-4H3,(H,28,31)/b22-14+. The van der Waals surface area contributed by atoms with E-state index in [1.807, 2.05) is 39.8 Å². The lowest BCUT2D eigenvalue weighted by Crippen LogP contribution is -2.30. The van der Waals surface area contributed by atoms with Gasteiger partial charge in [0.2, 0.25) is 0 Å². The third kappa shape index (κ3) is 5.71. The zero-order valence-corrected chi connectivity index (χ0v) is 19.9. The smallest absolute Gasteiger partial charge is 0.266 e. The molecule has 1 aliphatic heterocycles. The summed E-state index contributed by atoms with van der Waals surface area (Å²) in [5.74, 6) is -0.598. The summed E-state index contributed by atoms with van der Waals surface area (Å²) in [7, 11) is 0. The van der Waals surface area contributed by atoms with Gasteiger partial charge in [-0.05, 0) is 76.4 Å². The molecule has 1 aromatic carbocycles. The maximum Gasteiger partial charge on any atom is 0.266 e. The average Bonchev–Trinajstić information content (AvgIpc) is 3.42. The van der Waals surface area contributed by atoms with Gasteiger partial charge >= 0.3 is 0 Å². The first kappa shape index (κ1) is 24.3. The summed E-state index contributed by atoms with van der Waals surface area (Å²) < 4.78 is 7.94. The van der Waals surface area contributed by atoms with Crippen LogP contribution >= 0.6 is 0 Å². The molecule has 2 amide bonds. The second kappa shape index (κ2) is 11.0. The summed E-state index contributed by atoms with van der Waals surface area (Å²) in [6.07, 6.45) is 3.95. The molecule has 1 fully saturated rings. The zero-order valence-electron chi connectivity index (χ0n) is 19.9. The second-order valence-electron chi connectivity index (χ2n) is 8.25. The summed E-state index contributed by atoms with van der Waals surface area (Å²) in [6.45, 7) is 10.7. The largest absolute Gasteiger partial charge is 0.376 e. The van der Waals surface area contributed by atoms with E-state index in [1.165, 1.54) is 0 Å². The summed E-state index contributed by atoms with van der Waals surface area (Å²) in [6, 6.07) is 10.8. The van der Waals surface area contributed by atoms with Crippen molar-refractivity contribution in [3.8, 4) is 6.07 Å². The van der Waals surface area contributed by atoms with Gasteiger partial charge in [0.15, 0.2) is 0 Å². The van der Waals surface area contributed by atoms with E-state index in [0.717, 1.165) is 42.9 Å². The Morgan fingerprint density at radius 3 is 2.67 bits per heavy atom. The molecule has 1 unspecified atom stereocenters. The van der Waals surface area contributed by atoms with Crippen LogP contribution in [0.3, 0.4) is 0 Å². The third-order valence-corrected chi connectivity index (χ3v) is 6.11. The first-order valence-corrected chi connectivity index (χ1v) is 11.5. The molecule has 2 heterocycles. The molecule has 1 N–H and O–H groups in total. The predicted molar refractivity (Wildman–Crippen MR) is 129 cm³/mol. The minimum Gasteiger partial charge on any atom is -0.376 e. The molecule has 0 aliphatic carbocycles. The molecule has 1 atom stereocenters. The number of carbonyl (C=O) groups is 2. The second-order valence-corrected chi connectivity index (χ2v) is 8.25. The lowest BCUT2D eigenvalue weighted by atomic mass is 10.1. The number of benzene rings is 1. The lowest BCUT2D eigenvalue weighted by molar-refractivity contribution is -0.112. The van der Waals surface area contributed by atoms with Crippen molar-refractivity contribution in [1.82, 2.24) is 9.47 Å². The number of anilines is 1. The highest BCUT2D eigenvalue weighted by molar-refractivity contribution is 6.10. The van der Waals surface area contributed by atoms with E-state index in [1.54, 1.807) is 35.2 Å². The van der Waals surface area contributed by atoms with E-state index in [4.69, 9.17) is 4.74 Å². The molecule has 7 nitrogen and oxygen atoms in total. The van der Waals surface area contributed by atoms with Crippen LogP contribution in [0.25, 0.3) is 6.08 Å². The molecule has 1 saturated heterocycles. The number of rotatable bonds is 8. The van der Waals surface area contributed by atoms with E-state index in [2.05, 4.69) is 9.88 Å². The van der Waals surface area contributed by atoms with Crippen molar-refractivity contribution in [2.24, 2.45) is 0 Å². The van der Waals surface area contributed by atoms with Gasteiger partial charge in [-0.3, -0.25) is 9.59 Å². The quantitative estimate of drug-likeness (QED) is 0.481. The van der Waals surface area contributed by atoms with Crippen molar-refractivity contribution in [3.05, 3.63) is 58.4 Å². The molecule has 0 bridgehead atoms. The highest BCUT2D eigenvalue weighted by atomic mass is 16.5. The predicted octanol–water partition coefficient (Wildman–Crippen LogP) is 4.31. The van der Waals surface area contributed by atoms with Gasteiger partial charge in [-0.2, -0.15) is 5.26 Å². The molecule has 7 heteroatoms. The number of nitrogens with one attached hydrogen (secondary N) is 1. The van der Waals surface area contributed by atoms with Gasteiger partial charge in [-0.25, -0.2) is 0 Å². The van der Waals surface area contributed by atoms with Crippen molar-refractivity contribution in [1.29, 1.82) is 5.26 Å². The Labute approximate surface area is 195 Å². The molecule has 0 saturated carbocycles. The Kier molecular flexibility index (Phi) is 8.07. The Balaban J connectivity index is 1.78. The molecule has 0 spiro atoms. The molecular formula is C26H32N4O3. The Hall–Kier alpha value is -3.37. The van der Waals surface area contributed by atoms with Crippen LogP contribution in [-0.2, 0) is 16.1 Å². The molecule has 174 valence electrons. The van der Waals surface area contributed by atoms with Crippen LogP contribution in [0.4, 0.5) is 5.69 Å². The topological polar surface area (TPSA) is 87.4 Å². The SMILES string of the molecule is CCN(CC)C(=O)c1cccc(NC(=O)/C(C#N)=C/c2cc(C)n(CC3CCCO3)c2C)c1. The number of hydrogen-bond donors (Lipinski definition) is 1.